The van der Waals surface area contributed by atoms with E-state index >= 15 is 0 Å². The van der Waals surface area contributed by atoms with Gasteiger partial charge in [0.05, 0.1) is 11.4 Å². The number of amides is 2. The van der Waals surface area contributed by atoms with Crippen LogP contribution in [-0.2, 0) is 9.59 Å². The molecule has 90 valence electrons. The molecule has 0 spiro atoms. The number of nitrogens with zero attached hydrogens (tertiary/aromatic N) is 1. The predicted molar refractivity (Wildman–Crippen MR) is 66.7 cm³/mol. The number of anilines is 3. The van der Waals surface area contributed by atoms with Crippen LogP contribution in [0.25, 0.3) is 0 Å². The van der Waals surface area contributed by atoms with Crippen molar-refractivity contribution in [3.63, 3.8) is 0 Å². The lowest BCUT2D eigenvalue weighted by Gasteiger charge is -2.26. The maximum atomic E-state index is 11.7. The third-order valence-electron chi connectivity index (χ3n) is 2.82. The van der Waals surface area contributed by atoms with Gasteiger partial charge in [-0.25, -0.2) is 0 Å². The molecule has 5 nitrogen and oxygen atoms in total. The summed E-state index contributed by atoms with van der Waals surface area (Å²) < 4.78 is 0. The van der Waals surface area contributed by atoms with Gasteiger partial charge in [-0.15, -0.1) is 0 Å². The van der Waals surface area contributed by atoms with Crippen LogP contribution < -0.4 is 16.0 Å². The molecule has 1 atom stereocenters. The number of nitrogens with two attached hydrogens (primary N) is 1. The Kier molecular flexibility index (Phi) is 2.75. The second-order valence-corrected chi connectivity index (χ2v) is 4.27. The van der Waals surface area contributed by atoms with Crippen molar-refractivity contribution in [2.75, 3.05) is 16.0 Å². The Labute approximate surface area is 99.6 Å². The SMILES string of the molecule is CC(=O)N1c2cc(N)ccc2NC(=O)CC1C. The summed E-state index contributed by atoms with van der Waals surface area (Å²) in [4.78, 5) is 24.9. The Balaban J connectivity index is 2.57. The molecule has 1 aliphatic heterocycles. The zero-order chi connectivity index (χ0) is 12.6. The molecule has 0 bridgehead atoms. The Morgan fingerprint density at radius 3 is 2.88 bits per heavy atom. The number of carbonyl (C=O) groups is 2. The van der Waals surface area contributed by atoms with Crippen molar-refractivity contribution < 1.29 is 9.59 Å². The van der Waals surface area contributed by atoms with Gasteiger partial charge >= 0.3 is 0 Å². The summed E-state index contributed by atoms with van der Waals surface area (Å²) >= 11 is 0. The van der Waals surface area contributed by atoms with E-state index in [-0.39, 0.29) is 24.3 Å². The van der Waals surface area contributed by atoms with Crippen LogP contribution in [-0.4, -0.2) is 17.9 Å². The number of rotatable bonds is 0. The molecular formula is C12H15N3O2. The average Bonchev–Trinajstić information content (AvgIpc) is 2.32. The molecule has 1 aromatic carbocycles. The van der Waals surface area contributed by atoms with E-state index in [2.05, 4.69) is 5.32 Å². The van der Waals surface area contributed by atoms with Crippen LogP contribution in [0.15, 0.2) is 18.2 Å². The van der Waals surface area contributed by atoms with Gasteiger partial charge in [-0.05, 0) is 25.1 Å². The van der Waals surface area contributed by atoms with Crippen molar-refractivity contribution in [2.24, 2.45) is 0 Å². The van der Waals surface area contributed by atoms with Crippen molar-refractivity contribution >= 4 is 28.9 Å². The highest BCUT2D eigenvalue weighted by Crippen LogP contribution is 2.33. The van der Waals surface area contributed by atoms with E-state index in [4.69, 9.17) is 5.73 Å². The number of carbonyl (C=O) groups excluding carboxylic acids is 2. The minimum absolute atomic E-state index is 0.0905. The molecule has 0 aliphatic carbocycles. The number of benzene rings is 1. The summed E-state index contributed by atoms with van der Waals surface area (Å²) in [6.07, 6.45) is 0.286. The zero-order valence-electron chi connectivity index (χ0n) is 9.86. The van der Waals surface area contributed by atoms with Crippen molar-refractivity contribution in [2.45, 2.75) is 26.3 Å². The predicted octanol–water partition coefficient (Wildman–Crippen LogP) is 1.35. The fraction of sp³-hybridized carbons (Fsp3) is 0.333. The van der Waals surface area contributed by atoms with Crippen LogP contribution in [0.1, 0.15) is 20.3 Å². The minimum Gasteiger partial charge on any atom is -0.399 e. The van der Waals surface area contributed by atoms with Gasteiger partial charge in [0.2, 0.25) is 11.8 Å². The summed E-state index contributed by atoms with van der Waals surface area (Å²) in [5, 5.41) is 2.78. The Morgan fingerprint density at radius 1 is 1.53 bits per heavy atom. The Bertz CT molecular complexity index is 485. The van der Waals surface area contributed by atoms with Gasteiger partial charge in [0, 0.05) is 25.1 Å². The number of hydrogen-bond acceptors (Lipinski definition) is 3. The summed E-state index contributed by atoms with van der Waals surface area (Å²) in [6.45, 7) is 3.33. The van der Waals surface area contributed by atoms with E-state index in [1.165, 1.54) is 6.92 Å². The molecule has 1 aromatic rings. The van der Waals surface area contributed by atoms with Crippen LogP contribution in [0.4, 0.5) is 17.1 Å². The van der Waals surface area contributed by atoms with Crippen molar-refractivity contribution in [3.05, 3.63) is 18.2 Å². The molecular weight excluding hydrogens is 218 g/mol. The molecule has 0 saturated heterocycles. The van der Waals surface area contributed by atoms with Gasteiger partial charge in [0.15, 0.2) is 0 Å². The van der Waals surface area contributed by atoms with E-state index in [9.17, 15) is 9.59 Å². The molecule has 0 radical (unpaired) electrons. The summed E-state index contributed by atoms with van der Waals surface area (Å²) in [5.74, 6) is -0.187. The third-order valence-corrected chi connectivity index (χ3v) is 2.82. The molecule has 1 heterocycles. The number of fused-ring (bicyclic) bond motifs is 1. The highest BCUT2D eigenvalue weighted by atomic mass is 16.2. The van der Waals surface area contributed by atoms with E-state index in [1.54, 1.807) is 23.1 Å². The lowest BCUT2D eigenvalue weighted by Crippen LogP contribution is -2.37. The normalized spacial score (nSPS) is 19.3. The first kappa shape index (κ1) is 11.4. The van der Waals surface area contributed by atoms with E-state index < -0.39 is 0 Å². The van der Waals surface area contributed by atoms with Crippen molar-refractivity contribution in [1.29, 1.82) is 0 Å². The maximum Gasteiger partial charge on any atom is 0.226 e. The molecule has 0 aromatic heterocycles. The highest BCUT2D eigenvalue weighted by Gasteiger charge is 2.27. The fourth-order valence-electron chi connectivity index (χ4n) is 2.13. The molecule has 3 N–H and O–H groups in total. The highest BCUT2D eigenvalue weighted by molar-refractivity contribution is 6.04. The fourth-order valence-corrected chi connectivity index (χ4v) is 2.13. The molecule has 17 heavy (non-hydrogen) atoms. The second-order valence-electron chi connectivity index (χ2n) is 4.27. The van der Waals surface area contributed by atoms with Gasteiger partial charge < -0.3 is 16.0 Å². The van der Waals surface area contributed by atoms with E-state index in [0.717, 1.165) is 0 Å². The van der Waals surface area contributed by atoms with Crippen LogP contribution >= 0.6 is 0 Å². The number of nitrogen functional groups attached to an aromatic ring is 1. The van der Waals surface area contributed by atoms with Crippen molar-refractivity contribution in [3.8, 4) is 0 Å². The standard InChI is InChI=1S/C12H15N3O2/c1-7-5-12(17)14-10-4-3-9(13)6-11(10)15(7)8(2)16/h3-4,6-7H,5,13H2,1-2H3,(H,14,17). The maximum absolute atomic E-state index is 11.7. The Hall–Kier alpha value is -2.04. The number of nitrogens with one attached hydrogen (secondary N) is 1. The van der Waals surface area contributed by atoms with Crippen LogP contribution in [0.2, 0.25) is 0 Å². The molecule has 1 aliphatic rings. The average molecular weight is 233 g/mol. The lowest BCUT2D eigenvalue weighted by molar-refractivity contribution is -0.117. The first-order valence-electron chi connectivity index (χ1n) is 5.48. The molecule has 2 amide bonds. The first-order chi connectivity index (χ1) is 7.99. The van der Waals surface area contributed by atoms with Crippen LogP contribution in [0, 0.1) is 0 Å². The van der Waals surface area contributed by atoms with E-state index in [0.29, 0.717) is 17.1 Å². The van der Waals surface area contributed by atoms with E-state index in [1.807, 2.05) is 6.92 Å². The molecule has 0 fully saturated rings. The third kappa shape index (κ3) is 2.08. The van der Waals surface area contributed by atoms with Gasteiger partial charge in [0.25, 0.3) is 0 Å². The van der Waals surface area contributed by atoms with Crippen molar-refractivity contribution in [1.82, 2.24) is 0 Å². The molecule has 0 saturated carbocycles. The number of hydrogen-bond donors (Lipinski definition) is 2. The Morgan fingerprint density at radius 2 is 2.24 bits per heavy atom. The van der Waals surface area contributed by atoms with Gasteiger partial charge in [0.1, 0.15) is 0 Å². The topological polar surface area (TPSA) is 75.4 Å². The summed E-state index contributed by atoms with van der Waals surface area (Å²) in [6, 6.07) is 4.96. The van der Waals surface area contributed by atoms with Gasteiger partial charge in [-0.2, -0.15) is 0 Å². The monoisotopic (exact) mass is 233 g/mol. The minimum atomic E-state index is -0.171. The smallest absolute Gasteiger partial charge is 0.226 e. The molecule has 5 heteroatoms. The summed E-state index contributed by atoms with van der Waals surface area (Å²) in [7, 11) is 0. The first-order valence-corrected chi connectivity index (χ1v) is 5.48. The quantitative estimate of drug-likeness (QED) is 0.664. The largest absolute Gasteiger partial charge is 0.399 e. The zero-order valence-corrected chi connectivity index (χ0v) is 9.86. The molecule has 1 unspecified atom stereocenters. The van der Waals surface area contributed by atoms with Gasteiger partial charge in [-0.1, -0.05) is 0 Å². The summed E-state index contributed by atoms with van der Waals surface area (Å²) in [5.41, 5.74) is 7.58. The van der Waals surface area contributed by atoms with Crippen LogP contribution in [0.3, 0.4) is 0 Å². The van der Waals surface area contributed by atoms with Crippen LogP contribution in [0.5, 0.6) is 0 Å². The van der Waals surface area contributed by atoms with Gasteiger partial charge in [-0.3, -0.25) is 9.59 Å². The second kappa shape index (κ2) is 4.08. The molecule has 2 rings (SSSR count). The lowest BCUT2D eigenvalue weighted by atomic mass is 10.1.